The molecule has 1 aliphatic carbocycles. The van der Waals surface area contributed by atoms with E-state index in [1.54, 1.807) is 24.3 Å². The number of aliphatic hydroxyl groups excluding tert-OH is 1. The number of nitrogens with one attached hydrogen (secondary N) is 1. The van der Waals surface area contributed by atoms with Crippen molar-refractivity contribution in [2.45, 2.75) is 42.7 Å². The Kier molecular flexibility index (Phi) is 4.41. The van der Waals surface area contributed by atoms with Gasteiger partial charge in [-0.1, -0.05) is 35.9 Å². The minimum absolute atomic E-state index is 0.122. The summed E-state index contributed by atoms with van der Waals surface area (Å²) in [6.07, 6.45) is 2.28. The number of aliphatic hydroxyl groups is 1. The molecule has 0 bridgehead atoms. The molecule has 0 amide bonds. The molecule has 3 rings (SSSR count). The first kappa shape index (κ1) is 15.7. The third-order valence-electron chi connectivity index (χ3n) is 4.14. The van der Waals surface area contributed by atoms with Gasteiger partial charge >= 0.3 is 0 Å². The van der Waals surface area contributed by atoms with Crippen LogP contribution in [0.15, 0.2) is 41.3 Å². The van der Waals surface area contributed by atoms with Gasteiger partial charge in [0.1, 0.15) is 0 Å². The van der Waals surface area contributed by atoms with Crippen LogP contribution >= 0.6 is 11.6 Å². The Morgan fingerprint density at radius 2 is 1.64 bits per heavy atom. The quantitative estimate of drug-likeness (QED) is 0.903. The lowest BCUT2D eigenvalue weighted by atomic mass is 9.94. The summed E-state index contributed by atoms with van der Waals surface area (Å²) in [5.41, 5.74) is 0. The van der Waals surface area contributed by atoms with E-state index in [1.165, 1.54) is 0 Å². The van der Waals surface area contributed by atoms with E-state index in [0.717, 1.165) is 5.39 Å². The van der Waals surface area contributed by atoms with Gasteiger partial charge in [0.2, 0.25) is 10.0 Å². The molecular weight excluding hydrogens is 322 g/mol. The zero-order valence-electron chi connectivity index (χ0n) is 12.0. The Bertz CT molecular complexity index is 783. The van der Waals surface area contributed by atoms with Crippen LogP contribution in [0.5, 0.6) is 0 Å². The predicted molar refractivity (Wildman–Crippen MR) is 87.5 cm³/mol. The largest absolute Gasteiger partial charge is 0.393 e. The highest BCUT2D eigenvalue weighted by Crippen LogP contribution is 2.30. The van der Waals surface area contributed by atoms with Gasteiger partial charge in [0.25, 0.3) is 0 Å². The maximum atomic E-state index is 12.7. The van der Waals surface area contributed by atoms with Crippen LogP contribution in [-0.2, 0) is 10.0 Å². The summed E-state index contributed by atoms with van der Waals surface area (Å²) in [6.45, 7) is 0. The van der Waals surface area contributed by atoms with Crippen molar-refractivity contribution in [3.05, 3.63) is 41.4 Å². The van der Waals surface area contributed by atoms with Crippen molar-refractivity contribution in [1.82, 2.24) is 4.72 Å². The van der Waals surface area contributed by atoms with Crippen LogP contribution < -0.4 is 4.72 Å². The van der Waals surface area contributed by atoms with E-state index in [9.17, 15) is 13.5 Å². The second-order valence-electron chi connectivity index (χ2n) is 5.72. The molecule has 0 aromatic heterocycles. The molecule has 1 saturated carbocycles. The Balaban J connectivity index is 1.94. The van der Waals surface area contributed by atoms with Crippen LogP contribution in [-0.4, -0.2) is 25.7 Å². The van der Waals surface area contributed by atoms with Crippen molar-refractivity contribution in [2.75, 3.05) is 0 Å². The zero-order chi connectivity index (χ0) is 15.7. The molecule has 118 valence electrons. The smallest absolute Gasteiger partial charge is 0.241 e. The van der Waals surface area contributed by atoms with E-state index in [2.05, 4.69) is 4.72 Å². The minimum Gasteiger partial charge on any atom is -0.393 e. The molecule has 0 aliphatic heterocycles. The molecule has 0 radical (unpaired) electrons. The molecule has 0 unspecified atom stereocenters. The van der Waals surface area contributed by atoms with Crippen molar-refractivity contribution in [3.8, 4) is 0 Å². The topological polar surface area (TPSA) is 66.4 Å². The molecule has 2 N–H and O–H groups in total. The Labute approximate surface area is 135 Å². The molecule has 4 nitrogen and oxygen atoms in total. The summed E-state index contributed by atoms with van der Waals surface area (Å²) in [4.78, 5) is 0.249. The Morgan fingerprint density at radius 1 is 1.00 bits per heavy atom. The number of hydrogen-bond acceptors (Lipinski definition) is 3. The second kappa shape index (κ2) is 6.16. The van der Waals surface area contributed by atoms with E-state index in [1.807, 2.05) is 12.1 Å². The maximum absolute atomic E-state index is 12.7. The summed E-state index contributed by atoms with van der Waals surface area (Å²) < 4.78 is 28.1. The molecular formula is C16H18ClNO3S. The van der Waals surface area contributed by atoms with Gasteiger partial charge in [0.15, 0.2) is 0 Å². The lowest BCUT2D eigenvalue weighted by molar-refractivity contribution is 0.120. The molecule has 0 spiro atoms. The molecule has 0 heterocycles. The van der Waals surface area contributed by atoms with Crippen LogP contribution in [0.1, 0.15) is 25.7 Å². The van der Waals surface area contributed by atoms with Crippen LogP contribution in [0, 0.1) is 0 Å². The molecule has 6 heteroatoms. The number of benzene rings is 2. The van der Waals surface area contributed by atoms with Gasteiger partial charge in [0.05, 0.1) is 11.0 Å². The molecule has 0 atom stereocenters. The number of fused-ring (bicyclic) bond motifs is 1. The summed E-state index contributed by atoms with van der Waals surface area (Å²) >= 11 is 6.14. The fourth-order valence-electron chi connectivity index (χ4n) is 2.95. The van der Waals surface area contributed by atoms with E-state index >= 15 is 0 Å². The Hall–Kier alpha value is -1.14. The Morgan fingerprint density at radius 3 is 2.32 bits per heavy atom. The van der Waals surface area contributed by atoms with E-state index in [4.69, 9.17) is 11.6 Å². The average molecular weight is 340 g/mol. The SMILES string of the molecule is O=S(=O)(NC1CCC(O)CC1)c1ccc(Cl)c2ccccc12. The molecule has 22 heavy (non-hydrogen) atoms. The number of hydrogen-bond donors (Lipinski definition) is 2. The zero-order valence-corrected chi connectivity index (χ0v) is 13.6. The normalized spacial score (nSPS) is 22.8. The van der Waals surface area contributed by atoms with Gasteiger partial charge in [0, 0.05) is 21.8 Å². The van der Waals surface area contributed by atoms with Crippen LogP contribution in [0.3, 0.4) is 0 Å². The van der Waals surface area contributed by atoms with Gasteiger partial charge in [-0.25, -0.2) is 13.1 Å². The van der Waals surface area contributed by atoms with Crippen molar-refractivity contribution >= 4 is 32.4 Å². The van der Waals surface area contributed by atoms with Gasteiger partial charge in [-0.05, 0) is 37.8 Å². The maximum Gasteiger partial charge on any atom is 0.241 e. The van der Waals surface area contributed by atoms with Crippen LogP contribution in [0.4, 0.5) is 0 Å². The van der Waals surface area contributed by atoms with Crippen LogP contribution in [0.25, 0.3) is 10.8 Å². The lowest BCUT2D eigenvalue weighted by Gasteiger charge is -2.26. The molecule has 2 aromatic carbocycles. The predicted octanol–water partition coefficient (Wildman–Crippen LogP) is 3.08. The summed E-state index contributed by atoms with van der Waals surface area (Å²) in [5.74, 6) is 0. The molecule has 1 fully saturated rings. The summed E-state index contributed by atoms with van der Waals surface area (Å²) in [5, 5.41) is 11.4. The third kappa shape index (κ3) is 3.13. The highest BCUT2D eigenvalue weighted by molar-refractivity contribution is 7.89. The summed E-state index contributed by atoms with van der Waals surface area (Å²) in [6, 6.07) is 10.2. The first-order valence-corrected chi connectivity index (χ1v) is 9.21. The van der Waals surface area contributed by atoms with Crippen LogP contribution in [0.2, 0.25) is 5.02 Å². The number of rotatable bonds is 3. The first-order valence-electron chi connectivity index (χ1n) is 7.35. The van der Waals surface area contributed by atoms with E-state index in [-0.39, 0.29) is 17.0 Å². The minimum atomic E-state index is -3.61. The lowest BCUT2D eigenvalue weighted by Crippen LogP contribution is -2.38. The van der Waals surface area contributed by atoms with Crippen molar-refractivity contribution in [2.24, 2.45) is 0 Å². The van der Waals surface area contributed by atoms with Gasteiger partial charge in [-0.15, -0.1) is 0 Å². The van der Waals surface area contributed by atoms with Gasteiger partial charge < -0.3 is 5.11 Å². The number of halogens is 1. The van der Waals surface area contributed by atoms with E-state index < -0.39 is 10.0 Å². The molecule has 1 aliphatic rings. The van der Waals surface area contributed by atoms with Gasteiger partial charge in [-0.3, -0.25) is 0 Å². The highest BCUT2D eigenvalue weighted by atomic mass is 35.5. The molecule has 0 saturated heterocycles. The first-order chi connectivity index (χ1) is 10.5. The fraction of sp³-hybridized carbons (Fsp3) is 0.375. The van der Waals surface area contributed by atoms with Gasteiger partial charge in [-0.2, -0.15) is 0 Å². The third-order valence-corrected chi connectivity index (χ3v) is 6.05. The average Bonchev–Trinajstić information content (AvgIpc) is 2.50. The molecule has 2 aromatic rings. The second-order valence-corrected chi connectivity index (χ2v) is 7.81. The van der Waals surface area contributed by atoms with Crippen molar-refractivity contribution < 1.29 is 13.5 Å². The number of sulfonamides is 1. The van der Waals surface area contributed by atoms with Crippen molar-refractivity contribution in [3.63, 3.8) is 0 Å². The fourth-order valence-corrected chi connectivity index (χ4v) is 4.69. The summed E-state index contributed by atoms with van der Waals surface area (Å²) in [7, 11) is -3.61. The standard InChI is InChI=1S/C16H18ClNO3S/c17-15-9-10-16(14-4-2-1-3-13(14)15)22(20,21)18-11-5-7-12(19)8-6-11/h1-4,9-12,18-19H,5-8H2. The van der Waals surface area contributed by atoms with E-state index in [0.29, 0.717) is 36.1 Å². The highest BCUT2D eigenvalue weighted by Gasteiger charge is 2.26. The van der Waals surface area contributed by atoms with Crippen molar-refractivity contribution in [1.29, 1.82) is 0 Å². The monoisotopic (exact) mass is 339 g/mol.